The van der Waals surface area contributed by atoms with E-state index in [1.807, 2.05) is 0 Å². The lowest BCUT2D eigenvalue weighted by Gasteiger charge is -2.13. The summed E-state index contributed by atoms with van der Waals surface area (Å²) >= 11 is 0. The second-order valence-electron chi connectivity index (χ2n) is 4.16. The Hall–Kier alpha value is -1.19. The molecule has 2 N–H and O–H groups in total. The predicted molar refractivity (Wildman–Crippen MR) is 59.9 cm³/mol. The number of hydrogen-bond donors (Lipinski definition) is 1. The molecule has 9 heteroatoms. The van der Waals surface area contributed by atoms with Crippen LogP contribution in [0.1, 0.15) is 5.56 Å². The minimum Gasteiger partial charge on any atom is -0.309 e. The fourth-order valence-corrected chi connectivity index (χ4v) is 2.14. The maximum absolute atomic E-state index is 13.6. The maximum atomic E-state index is 13.6. The maximum Gasteiger partial charge on any atom is 0.244 e. The molecule has 0 bridgehead atoms. The van der Waals surface area contributed by atoms with Crippen molar-refractivity contribution in [1.82, 2.24) is 4.90 Å². The Morgan fingerprint density at radius 3 is 1.74 bits per heavy atom. The van der Waals surface area contributed by atoms with E-state index in [1.165, 1.54) is 0 Å². The van der Waals surface area contributed by atoms with E-state index < -0.39 is 43.8 Å². The van der Waals surface area contributed by atoms with E-state index in [4.69, 9.17) is 0 Å². The van der Waals surface area contributed by atoms with Crippen LogP contribution in [0.25, 0.3) is 0 Å². The van der Waals surface area contributed by atoms with Crippen molar-refractivity contribution in [3.05, 3.63) is 28.8 Å². The minimum absolute atomic E-state index is 0.126. The summed E-state index contributed by atoms with van der Waals surface area (Å²) in [5.41, 5.74) is -0.851. The van der Waals surface area contributed by atoms with Gasteiger partial charge in [-0.1, -0.05) is 0 Å². The number of benzene rings is 1. The van der Waals surface area contributed by atoms with Gasteiger partial charge in [0, 0.05) is 12.1 Å². The van der Waals surface area contributed by atoms with Gasteiger partial charge in [-0.3, -0.25) is 0 Å². The first-order valence-electron chi connectivity index (χ1n) is 5.09. The van der Waals surface area contributed by atoms with Crippen molar-refractivity contribution in [2.24, 2.45) is 5.14 Å². The summed E-state index contributed by atoms with van der Waals surface area (Å²) < 4.78 is 75.9. The van der Waals surface area contributed by atoms with E-state index in [0.29, 0.717) is 0 Å². The van der Waals surface area contributed by atoms with Crippen molar-refractivity contribution < 1.29 is 26.0 Å². The van der Waals surface area contributed by atoms with Gasteiger partial charge in [0.25, 0.3) is 0 Å². The second kappa shape index (κ2) is 5.43. The molecular formula is C10H12F4N2O2S. The highest BCUT2D eigenvalue weighted by Gasteiger charge is 2.30. The largest absolute Gasteiger partial charge is 0.309 e. The van der Waals surface area contributed by atoms with Gasteiger partial charge in [0.05, 0.1) is 0 Å². The lowest BCUT2D eigenvalue weighted by atomic mass is 10.1. The molecule has 0 amide bonds. The van der Waals surface area contributed by atoms with E-state index >= 15 is 0 Å². The van der Waals surface area contributed by atoms with Gasteiger partial charge in [0.1, 0.15) is 0 Å². The van der Waals surface area contributed by atoms with E-state index in [0.717, 1.165) is 0 Å². The topological polar surface area (TPSA) is 63.4 Å². The van der Waals surface area contributed by atoms with Crippen LogP contribution in [0.15, 0.2) is 4.90 Å². The number of sulfonamides is 1. The van der Waals surface area contributed by atoms with Gasteiger partial charge in [0.2, 0.25) is 10.0 Å². The molecule has 0 spiro atoms. The van der Waals surface area contributed by atoms with Gasteiger partial charge < -0.3 is 4.90 Å². The first-order chi connectivity index (χ1) is 8.57. The van der Waals surface area contributed by atoms with Crippen LogP contribution in [0, 0.1) is 23.3 Å². The quantitative estimate of drug-likeness (QED) is 0.666. The summed E-state index contributed by atoms with van der Waals surface area (Å²) in [4.78, 5) is -0.251. The van der Waals surface area contributed by atoms with E-state index in [-0.39, 0.29) is 13.0 Å². The molecule has 0 unspecified atom stereocenters. The monoisotopic (exact) mass is 300 g/mol. The third-order valence-corrected chi connectivity index (χ3v) is 3.34. The van der Waals surface area contributed by atoms with Crippen LogP contribution >= 0.6 is 0 Å². The molecule has 0 radical (unpaired) electrons. The van der Waals surface area contributed by atoms with Gasteiger partial charge in [-0.2, -0.15) is 0 Å². The molecule has 0 saturated carbocycles. The number of primary sulfonamides is 1. The summed E-state index contributed by atoms with van der Waals surface area (Å²) in [5.74, 6) is -7.50. The van der Waals surface area contributed by atoms with Crippen LogP contribution in [-0.2, 0) is 16.4 Å². The number of nitrogens with zero attached hydrogens (tertiary/aromatic N) is 1. The third kappa shape index (κ3) is 3.23. The molecule has 4 nitrogen and oxygen atoms in total. The molecule has 1 aromatic carbocycles. The Bertz CT molecular complexity index is 573. The Balaban J connectivity index is 3.48. The zero-order valence-electron chi connectivity index (χ0n) is 10.2. The zero-order chi connectivity index (χ0) is 15.0. The summed E-state index contributed by atoms with van der Waals surface area (Å²) in [6.45, 7) is 0.126. The molecule has 108 valence electrons. The van der Waals surface area contributed by atoms with Crippen molar-refractivity contribution in [2.45, 2.75) is 11.3 Å². The van der Waals surface area contributed by atoms with Crippen LogP contribution in [0.5, 0.6) is 0 Å². The van der Waals surface area contributed by atoms with Crippen LogP contribution in [0.3, 0.4) is 0 Å². The zero-order valence-corrected chi connectivity index (χ0v) is 11.0. The number of hydrogen-bond acceptors (Lipinski definition) is 3. The molecule has 0 aliphatic carbocycles. The molecule has 0 heterocycles. The van der Waals surface area contributed by atoms with Crippen molar-refractivity contribution in [3.8, 4) is 0 Å². The number of rotatable bonds is 4. The van der Waals surface area contributed by atoms with Gasteiger partial charge in [0.15, 0.2) is 28.2 Å². The molecule has 0 aromatic heterocycles. The Morgan fingerprint density at radius 2 is 1.42 bits per heavy atom. The first kappa shape index (κ1) is 15.9. The fraction of sp³-hybridized carbons (Fsp3) is 0.400. The average molecular weight is 300 g/mol. The molecule has 19 heavy (non-hydrogen) atoms. The summed E-state index contributed by atoms with van der Waals surface area (Å²) in [7, 11) is -1.70. The summed E-state index contributed by atoms with van der Waals surface area (Å²) in [6, 6.07) is 0. The Labute approximate surface area is 107 Å². The molecule has 0 fully saturated rings. The number of nitrogens with two attached hydrogens (primary N) is 1. The van der Waals surface area contributed by atoms with Crippen LogP contribution < -0.4 is 5.14 Å². The summed E-state index contributed by atoms with van der Waals surface area (Å²) in [6.07, 6.45) is -0.316. The Kier molecular flexibility index (Phi) is 4.54. The standard InChI is InChI=1S/C10H12F4N2O2S/c1-16(2)4-3-5-6(11)8(13)10(19(15,17)18)9(14)7(5)12/h3-4H2,1-2H3,(H2,15,17,18). The van der Waals surface area contributed by atoms with Crippen LogP contribution in [0.2, 0.25) is 0 Å². The van der Waals surface area contributed by atoms with Gasteiger partial charge in [-0.15, -0.1) is 0 Å². The van der Waals surface area contributed by atoms with Crippen molar-refractivity contribution in [2.75, 3.05) is 20.6 Å². The molecule has 0 aliphatic heterocycles. The van der Waals surface area contributed by atoms with E-state index in [1.54, 1.807) is 19.0 Å². The van der Waals surface area contributed by atoms with Crippen molar-refractivity contribution in [3.63, 3.8) is 0 Å². The Morgan fingerprint density at radius 1 is 1.00 bits per heavy atom. The van der Waals surface area contributed by atoms with E-state index in [9.17, 15) is 26.0 Å². The molecular weight excluding hydrogens is 288 g/mol. The molecule has 1 aromatic rings. The molecule has 0 atom stereocenters. The van der Waals surface area contributed by atoms with Crippen LogP contribution in [0.4, 0.5) is 17.6 Å². The second-order valence-corrected chi connectivity index (χ2v) is 5.66. The third-order valence-electron chi connectivity index (χ3n) is 2.41. The van der Waals surface area contributed by atoms with E-state index in [2.05, 4.69) is 5.14 Å². The number of halogens is 4. The molecule has 0 saturated heterocycles. The average Bonchev–Trinajstić information content (AvgIpc) is 2.24. The molecule has 0 aliphatic rings. The SMILES string of the molecule is CN(C)CCc1c(F)c(F)c(S(N)(=O)=O)c(F)c1F. The highest BCUT2D eigenvalue weighted by molar-refractivity contribution is 7.89. The molecule has 1 rings (SSSR count). The van der Waals surface area contributed by atoms with Crippen LogP contribution in [-0.4, -0.2) is 34.0 Å². The lowest BCUT2D eigenvalue weighted by Crippen LogP contribution is -2.21. The van der Waals surface area contributed by atoms with Gasteiger partial charge in [-0.05, 0) is 20.5 Å². The smallest absolute Gasteiger partial charge is 0.244 e. The highest BCUT2D eigenvalue weighted by atomic mass is 32.2. The van der Waals surface area contributed by atoms with Gasteiger partial charge in [-0.25, -0.2) is 31.1 Å². The number of likely N-dealkylation sites (N-methyl/N-ethyl adjacent to an activating group) is 1. The summed E-state index contributed by atoms with van der Waals surface area (Å²) in [5, 5.41) is 4.52. The fourth-order valence-electron chi connectivity index (χ4n) is 1.46. The van der Waals surface area contributed by atoms with Crippen molar-refractivity contribution >= 4 is 10.0 Å². The first-order valence-corrected chi connectivity index (χ1v) is 6.64. The minimum atomic E-state index is -4.90. The van der Waals surface area contributed by atoms with Crippen molar-refractivity contribution in [1.29, 1.82) is 0 Å². The predicted octanol–water partition coefficient (Wildman–Crippen LogP) is 0.995. The lowest BCUT2D eigenvalue weighted by molar-refractivity contribution is 0.380. The van der Waals surface area contributed by atoms with Gasteiger partial charge >= 0.3 is 0 Å². The normalized spacial score (nSPS) is 12.2. The highest BCUT2D eigenvalue weighted by Crippen LogP contribution is 2.27.